The van der Waals surface area contributed by atoms with E-state index in [1.54, 1.807) is 65.8 Å². The van der Waals surface area contributed by atoms with Crippen LogP contribution in [0.2, 0.25) is 0 Å². The minimum atomic E-state index is -0.926. The molecular weight excluding hydrogens is 697 g/mol. The van der Waals surface area contributed by atoms with E-state index in [0.29, 0.717) is 17.9 Å². The van der Waals surface area contributed by atoms with E-state index >= 15 is 0 Å². The molecule has 3 N–H and O–H groups in total. The summed E-state index contributed by atoms with van der Waals surface area (Å²) in [6, 6.07) is 31.1. The van der Waals surface area contributed by atoms with Crippen LogP contribution in [0.4, 0.5) is 15.3 Å². The van der Waals surface area contributed by atoms with Gasteiger partial charge < -0.3 is 24.8 Å². The molecule has 0 aliphatic carbocycles. The van der Waals surface area contributed by atoms with Gasteiger partial charge in [0.25, 0.3) is 0 Å². The molecule has 3 amide bonds. The Morgan fingerprint density at radius 1 is 0.709 bits per heavy atom. The van der Waals surface area contributed by atoms with Crippen LogP contribution < -0.4 is 20.7 Å². The van der Waals surface area contributed by atoms with Crippen molar-refractivity contribution < 1.29 is 33.4 Å². The molecule has 0 aliphatic heterocycles. The Morgan fingerprint density at radius 2 is 1.31 bits per heavy atom. The van der Waals surface area contributed by atoms with Crippen molar-refractivity contribution in [1.29, 1.82) is 0 Å². The van der Waals surface area contributed by atoms with Gasteiger partial charge in [-0.05, 0) is 112 Å². The number of hydrogen-bond donors (Lipinski definition) is 3. The molecule has 0 spiro atoms. The van der Waals surface area contributed by atoms with Crippen LogP contribution in [0.3, 0.4) is 0 Å². The van der Waals surface area contributed by atoms with Gasteiger partial charge in [0.1, 0.15) is 17.0 Å². The number of esters is 1. The second-order valence-corrected chi connectivity index (χ2v) is 16.2. The van der Waals surface area contributed by atoms with Crippen LogP contribution in [0.25, 0.3) is 11.1 Å². The number of rotatable bonds is 9. The summed E-state index contributed by atoms with van der Waals surface area (Å²) < 4.78 is 16.4. The number of benzene rings is 4. The number of nitrogens with one attached hydrogen (secondary N) is 3. The Balaban J connectivity index is 1.50. The van der Waals surface area contributed by atoms with Crippen LogP contribution >= 0.6 is 0 Å². The van der Waals surface area contributed by atoms with E-state index in [4.69, 9.17) is 14.2 Å². The first-order valence-electron chi connectivity index (χ1n) is 18.2. The number of carbonyl (C=O) groups excluding carboxylic acids is 4. The zero-order valence-corrected chi connectivity index (χ0v) is 33.1. The standard InChI is InChI=1S/C44H52N4O7/c1-42(2,3)36(26-29-16-12-10-13-17-29)46-37(49)27-32-22-25-34(28-35(32)30-18-14-11-15-19-30)53-38(50)31-20-23-33(24-21-31)45-39(47-40(51)54-43(4,5)6)48-41(52)55-44(7,8)9/h10-25,28,36H,26-27H2,1-9H3,(H,46,49)(H2,45,47,48,51,52)/t36-/m0/s1. The predicted molar refractivity (Wildman–Crippen MR) is 215 cm³/mol. The molecule has 0 unspecified atom stereocenters. The molecule has 11 nitrogen and oxygen atoms in total. The van der Waals surface area contributed by atoms with Crippen LogP contribution in [-0.2, 0) is 27.1 Å². The van der Waals surface area contributed by atoms with Gasteiger partial charge >= 0.3 is 18.2 Å². The molecule has 11 heteroatoms. The lowest BCUT2D eigenvalue weighted by molar-refractivity contribution is -0.121. The predicted octanol–water partition coefficient (Wildman–Crippen LogP) is 9.12. The zero-order valence-electron chi connectivity index (χ0n) is 33.1. The molecule has 0 aromatic heterocycles. The maximum absolute atomic E-state index is 13.5. The van der Waals surface area contributed by atoms with Crippen molar-refractivity contribution in [3.8, 4) is 16.9 Å². The summed E-state index contributed by atoms with van der Waals surface area (Å²) in [4.78, 5) is 55.6. The molecule has 0 aliphatic rings. The molecule has 0 heterocycles. The second kappa shape index (κ2) is 17.9. The molecule has 0 bridgehead atoms. The Bertz CT molecular complexity index is 1970. The van der Waals surface area contributed by atoms with E-state index in [-0.39, 0.29) is 35.3 Å². The van der Waals surface area contributed by atoms with Crippen molar-refractivity contribution in [2.24, 2.45) is 10.4 Å². The Hall–Kier alpha value is -5.97. The van der Waals surface area contributed by atoms with Crippen molar-refractivity contribution in [3.63, 3.8) is 0 Å². The number of carbonyl (C=O) groups is 4. The first-order valence-corrected chi connectivity index (χ1v) is 18.2. The average Bonchev–Trinajstić information content (AvgIpc) is 3.07. The highest BCUT2D eigenvalue weighted by Crippen LogP contribution is 2.30. The SMILES string of the molecule is CC(C)(C)OC(=O)/N=C(/NC(=O)OC(C)(C)C)Nc1ccc(C(=O)Oc2ccc(CC(=O)N[C@@H](Cc3ccccc3)C(C)(C)C)c(-c3ccccc3)c2)cc1. The summed E-state index contributed by atoms with van der Waals surface area (Å²) in [5, 5.41) is 8.56. The van der Waals surface area contributed by atoms with Gasteiger partial charge in [-0.3, -0.25) is 10.1 Å². The normalized spacial score (nSPS) is 12.6. The van der Waals surface area contributed by atoms with Crippen molar-refractivity contribution in [2.45, 2.75) is 92.4 Å². The second-order valence-electron chi connectivity index (χ2n) is 16.2. The molecule has 4 aromatic rings. The zero-order chi connectivity index (χ0) is 40.4. The number of hydrogen-bond acceptors (Lipinski definition) is 7. The number of ether oxygens (including phenoxy) is 3. The topological polar surface area (TPSA) is 144 Å². The summed E-state index contributed by atoms with van der Waals surface area (Å²) >= 11 is 0. The largest absolute Gasteiger partial charge is 0.444 e. The van der Waals surface area contributed by atoms with Gasteiger partial charge in [0.05, 0.1) is 12.0 Å². The first kappa shape index (κ1) is 41.8. The first-order chi connectivity index (χ1) is 25.7. The third kappa shape index (κ3) is 14.1. The van der Waals surface area contributed by atoms with Crippen molar-refractivity contribution in [1.82, 2.24) is 10.6 Å². The van der Waals surface area contributed by atoms with Gasteiger partial charge in [-0.25, -0.2) is 14.4 Å². The van der Waals surface area contributed by atoms with E-state index in [0.717, 1.165) is 22.3 Å². The third-order valence-electron chi connectivity index (χ3n) is 7.99. The van der Waals surface area contributed by atoms with Crippen LogP contribution in [0.15, 0.2) is 108 Å². The minimum absolute atomic E-state index is 0.0884. The number of guanidine groups is 1. The lowest BCUT2D eigenvalue weighted by Crippen LogP contribution is -2.45. The quantitative estimate of drug-likeness (QED) is 0.0666. The molecule has 1 atom stereocenters. The molecule has 55 heavy (non-hydrogen) atoms. The summed E-state index contributed by atoms with van der Waals surface area (Å²) in [5.74, 6) is -0.641. The van der Waals surface area contributed by atoms with Crippen molar-refractivity contribution >= 4 is 35.7 Å². The fourth-order valence-electron chi connectivity index (χ4n) is 5.36. The number of nitrogens with zero attached hydrogens (tertiary/aromatic N) is 1. The number of aliphatic imine (C=N–C) groups is 1. The van der Waals surface area contributed by atoms with Gasteiger partial charge in [-0.1, -0.05) is 87.5 Å². The summed E-state index contributed by atoms with van der Waals surface area (Å²) in [5.41, 5.74) is 2.45. The molecule has 0 fully saturated rings. The van der Waals surface area contributed by atoms with Crippen LogP contribution in [-0.4, -0.2) is 47.3 Å². The fraction of sp³-hybridized carbons (Fsp3) is 0.341. The lowest BCUT2D eigenvalue weighted by Gasteiger charge is -2.32. The van der Waals surface area contributed by atoms with Crippen LogP contribution in [0, 0.1) is 5.41 Å². The monoisotopic (exact) mass is 748 g/mol. The number of alkyl carbamates (subject to hydrolysis) is 1. The van der Waals surface area contributed by atoms with E-state index in [9.17, 15) is 19.2 Å². The maximum atomic E-state index is 13.5. The van der Waals surface area contributed by atoms with Crippen LogP contribution in [0.5, 0.6) is 5.75 Å². The van der Waals surface area contributed by atoms with Gasteiger partial charge in [-0.15, -0.1) is 4.99 Å². The molecule has 290 valence electrons. The Labute approximate surface area is 323 Å². The highest BCUT2D eigenvalue weighted by molar-refractivity contribution is 6.06. The molecule has 0 saturated carbocycles. The van der Waals surface area contributed by atoms with Gasteiger partial charge in [0.2, 0.25) is 11.9 Å². The molecular formula is C44H52N4O7. The van der Waals surface area contributed by atoms with Gasteiger partial charge in [0.15, 0.2) is 0 Å². The van der Waals surface area contributed by atoms with Crippen molar-refractivity contribution in [3.05, 3.63) is 120 Å². The Morgan fingerprint density at radius 3 is 1.89 bits per heavy atom. The molecule has 4 rings (SSSR count). The van der Waals surface area contributed by atoms with Crippen LogP contribution in [0.1, 0.15) is 83.8 Å². The summed E-state index contributed by atoms with van der Waals surface area (Å²) in [7, 11) is 0. The highest BCUT2D eigenvalue weighted by Gasteiger charge is 2.27. The Kier molecular flexibility index (Phi) is 13.6. The molecule has 4 aromatic carbocycles. The lowest BCUT2D eigenvalue weighted by atomic mass is 9.83. The van der Waals surface area contributed by atoms with E-state index in [1.165, 1.54) is 12.1 Å². The average molecular weight is 749 g/mol. The van der Waals surface area contributed by atoms with Gasteiger partial charge in [0, 0.05) is 11.7 Å². The van der Waals surface area contributed by atoms with E-state index < -0.39 is 29.4 Å². The summed E-state index contributed by atoms with van der Waals surface area (Å²) in [6.45, 7) is 16.5. The smallest absolute Gasteiger partial charge is 0.437 e. The van der Waals surface area contributed by atoms with Crippen molar-refractivity contribution in [2.75, 3.05) is 5.32 Å². The molecule has 0 radical (unpaired) electrons. The van der Waals surface area contributed by atoms with E-state index in [1.807, 2.05) is 54.6 Å². The third-order valence-corrected chi connectivity index (χ3v) is 7.99. The molecule has 0 saturated heterocycles. The maximum Gasteiger partial charge on any atom is 0.437 e. The van der Waals surface area contributed by atoms with E-state index in [2.05, 4.69) is 53.8 Å². The van der Waals surface area contributed by atoms with Gasteiger partial charge in [-0.2, -0.15) is 0 Å². The highest BCUT2D eigenvalue weighted by atomic mass is 16.6. The number of amides is 3. The number of anilines is 1. The summed E-state index contributed by atoms with van der Waals surface area (Å²) in [6.07, 6.45) is -0.917. The fourth-order valence-corrected chi connectivity index (χ4v) is 5.36. The minimum Gasteiger partial charge on any atom is -0.444 e.